The molecule has 5 heteroatoms. The molecule has 1 aliphatic carbocycles. The molecule has 1 fully saturated rings. The van der Waals surface area contributed by atoms with E-state index in [-0.39, 0.29) is 11.4 Å². The second-order valence-electron chi connectivity index (χ2n) is 4.77. The molecule has 1 aromatic carbocycles. The Labute approximate surface area is 113 Å². The van der Waals surface area contributed by atoms with Gasteiger partial charge in [0, 0.05) is 0 Å². The molecule has 1 unspecified atom stereocenters. The molecular weight excluding hydrogens is 266 g/mol. The number of hydrogen-bond acceptors (Lipinski definition) is 3. The second-order valence-corrected chi connectivity index (χ2v) is 7.02. The summed E-state index contributed by atoms with van der Waals surface area (Å²) in [6.07, 6.45) is 4.87. The van der Waals surface area contributed by atoms with Crippen molar-refractivity contribution in [1.29, 1.82) is 0 Å². The highest BCUT2D eigenvalue weighted by Gasteiger charge is 2.38. The second kappa shape index (κ2) is 6.53. The van der Waals surface area contributed by atoms with Crippen LogP contribution in [0.2, 0.25) is 0 Å². The van der Waals surface area contributed by atoms with Crippen LogP contribution in [0.15, 0.2) is 24.3 Å². The minimum absolute atomic E-state index is 0.0184. The maximum atomic E-state index is 13.6. The van der Waals surface area contributed by atoms with E-state index in [0.29, 0.717) is 6.61 Å². The first-order valence-corrected chi connectivity index (χ1v) is 8.45. The Kier molecular flexibility index (Phi) is 5.00. The molecule has 19 heavy (non-hydrogen) atoms. The van der Waals surface area contributed by atoms with Gasteiger partial charge >= 0.3 is 7.60 Å². The summed E-state index contributed by atoms with van der Waals surface area (Å²) in [4.78, 5) is 0. The third-order valence-corrected chi connectivity index (χ3v) is 5.87. The van der Waals surface area contributed by atoms with E-state index >= 15 is 0 Å². The normalized spacial score (nSPS) is 19.9. The van der Waals surface area contributed by atoms with Crippen LogP contribution < -0.4 is 4.52 Å². The van der Waals surface area contributed by atoms with Gasteiger partial charge in [-0.2, -0.15) is 0 Å². The molecule has 0 aliphatic heterocycles. The average molecular weight is 286 g/mol. The van der Waals surface area contributed by atoms with Gasteiger partial charge in [-0.1, -0.05) is 31.4 Å². The Morgan fingerprint density at radius 2 is 1.95 bits per heavy atom. The standard InChI is InChI=1S/C14H20FO3P/c1-2-17-19(16,12-8-4-3-5-9-12)18-14-11-7-6-10-13(14)15/h6-7,10-12H,2-5,8-9H2,1H3. The quantitative estimate of drug-likeness (QED) is 0.732. The van der Waals surface area contributed by atoms with Crippen molar-refractivity contribution >= 4 is 7.60 Å². The Morgan fingerprint density at radius 3 is 2.58 bits per heavy atom. The Balaban J connectivity index is 2.19. The summed E-state index contributed by atoms with van der Waals surface area (Å²) in [5.41, 5.74) is -0.110. The molecule has 0 spiro atoms. The summed E-state index contributed by atoms with van der Waals surface area (Å²) >= 11 is 0. The van der Waals surface area contributed by atoms with Crippen LogP contribution in [-0.2, 0) is 9.09 Å². The maximum absolute atomic E-state index is 13.6. The lowest BCUT2D eigenvalue weighted by molar-refractivity contribution is 0.257. The molecule has 0 bridgehead atoms. The van der Waals surface area contributed by atoms with Gasteiger partial charge in [0.1, 0.15) is 0 Å². The highest BCUT2D eigenvalue weighted by molar-refractivity contribution is 7.55. The van der Waals surface area contributed by atoms with Crippen molar-refractivity contribution in [3.05, 3.63) is 30.1 Å². The highest BCUT2D eigenvalue weighted by Crippen LogP contribution is 2.57. The van der Waals surface area contributed by atoms with Crippen LogP contribution in [0.3, 0.4) is 0 Å². The number of para-hydroxylation sites is 1. The molecule has 1 aliphatic rings. The molecule has 0 N–H and O–H groups in total. The third-order valence-electron chi connectivity index (χ3n) is 3.39. The van der Waals surface area contributed by atoms with Crippen LogP contribution >= 0.6 is 7.60 Å². The SMILES string of the molecule is CCOP(=O)(Oc1ccccc1F)C1CCCCC1. The molecule has 0 aromatic heterocycles. The topological polar surface area (TPSA) is 35.5 Å². The summed E-state index contributed by atoms with van der Waals surface area (Å²) in [5.74, 6) is -0.483. The summed E-state index contributed by atoms with van der Waals surface area (Å²) in [5, 5.41) is 0. The largest absolute Gasteiger partial charge is 0.421 e. The molecule has 2 rings (SSSR count). The molecule has 3 nitrogen and oxygen atoms in total. The number of halogens is 1. The van der Waals surface area contributed by atoms with E-state index in [1.807, 2.05) is 0 Å². The van der Waals surface area contributed by atoms with E-state index in [4.69, 9.17) is 9.05 Å². The fraction of sp³-hybridized carbons (Fsp3) is 0.571. The van der Waals surface area contributed by atoms with Gasteiger partial charge in [-0.05, 0) is 31.9 Å². The fourth-order valence-electron chi connectivity index (χ4n) is 2.44. The minimum Gasteiger partial charge on any atom is -0.421 e. The molecule has 0 heterocycles. The molecule has 0 saturated heterocycles. The Hall–Kier alpha value is -0.860. The molecule has 0 amide bonds. The van der Waals surface area contributed by atoms with Crippen molar-refractivity contribution in [2.24, 2.45) is 0 Å². The van der Waals surface area contributed by atoms with Gasteiger partial charge < -0.3 is 4.52 Å². The lowest BCUT2D eigenvalue weighted by Crippen LogP contribution is -2.18. The van der Waals surface area contributed by atoms with Gasteiger partial charge in [-0.25, -0.2) is 8.96 Å². The predicted octanol–water partition coefficient (Wildman–Crippen LogP) is 4.77. The molecule has 0 radical (unpaired) electrons. The number of hydrogen-bond donors (Lipinski definition) is 0. The predicted molar refractivity (Wildman–Crippen MR) is 73.1 cm³/mol. The summed E-state index contributed by atoms with van der Waals surface area (Å²) in [6.45, 7) is 2.09. The first kappa shape index (κ1) is 14.5. The van der Waals surface area contributed by atoms with Crippen molar-refractivity contribution in [1.82, 2.24) is 0 Å². The highest BCUT2D eigenvalue weighted by atomic mass is 31.2. The van der Waals surface area contributed by atoms with E-state index < -0.39 is 13.4 Å². The van der Waals surface area contributed by atoms with Crippen LogP contribution in [-0.4, -0.2) is 12.3 Å². The van der Waals surface area contributed by atoms with Gasteiger partial charge in [-0.3, -0.25) is 4.52 Å². The van der Waals surface area contributed by atoms with Crippen LogP contribution in [0.4, 0.5) is 4.39 Å². The van der Waals surface area contributed by atoms with E-state index in [9.17, 15) is 8.96 Å². The molecule has 1 atom stereocenters. The van der Waals surface area contributed by atoms with Gasteiger partial charge in [-0.15, -0.1) is 0 Å². The van der Waals surface area contributed by atoms with E-state index in [0.717, 1.165) is 32.1 Å². The zero-order valence-corrected chi connectivity index (χ0v) is 12.1. The van der Waals surface area contributed by atoms with Gasteiger partial charge in [0.2, 0.25) is 0 Å². The van der Waals surface area contributed by atoms with Crippen LogP contribution in [0, 0.1) is 5.82 Å². The molecule has 1 aromatic rings. The number of rotatable bonds is 5. The van der Waals surface area contributed by atoms with Gasteiger partial charge in [0.15, 0.2) is 11.6 Å². The van der Waals surface area contributed by atoms with E-state index in [1.54, 1.807) is 19.1 Å². The maximum Gasteiger partial charge on any atom is 0.382 e. The van der Waals surface area contributed by atoms with E-state index in [1.165, 1.54) is 12.1 Å². The molecular formula is C14H20FO3P. The summed E-state index contributed by atoms with van der Waals surface area (Å²) in [6, 6.07) is 6.03. The van der Waals surface area contributed by atoms with Gasteiger partial charge in [0.05, 0.1) is 12.3 Å². The van der Waals surface area contributed by atoms with E-state index in [2.05, 4.69) is 0 Å². The summed E-state index contributed by atoms with van der Waals surface area (Å²) < 4.78 is 37.4. The summed E-state index contributed by atoms with van der Waals surface area (Å²) in [7, 11) is -3.28. The zero-order chi connectivity index (χ0) is 13.7. The monoisotopic (exact) mass is 286 g/mol. The average Bonchev–Trinajstić information content (AvgIpc) is 2.43. The van der Waals surface area contributed by atoms with Crippen molar-refractivity contribution in [2.75, 3.05) is 6.61 Å². The smallest absolute Gasteiger partial charge is 0.382 e. The molecule has 1 saturated carbocycles. The molecule has 106 valence electrons. The van der Waals surface area contributed by atoms with Gasteiger partial charge in [0.25, 0.3) is 0 Å². The first-order chi connectivity index (χ1) is 9.15. The van der Waals surface area contributed by atoms with Crippen molar-refractivity contribution in [2.45, 2.75) is 44.7 Å². The Morgan fingerprint density at radius 1 is 1.26 bits per heavy atom. The first-order valence-electron chi connectivity index (χ1n) is 6.84. The van der Waals surface area contributed by atoms with Crippen molar-refractivity contribution < 1.29 is 18.0 Å². The van der Waals surface area contributed by atoms with Crippen molar-refractivity contribution in [3.63, 3.8) is 0 Å². The zero-order valence-electron chi connectivity index (χ0n) is 11.2. The van der Waals surface area contributed by atoms with Crippen LogP contribution in [0.5, 0.6) is 5.75 Å². The van der Waals surface area contributed by atoms with Crippen LogP contribution in [0.25, 0.3) is 0 Å². The fourth-order valence-corrected chi connectivity index (χ4v) is 4.63. The van der Waals surface area contributed by atoms with Crippen LogP contribution in [0.1, 0.15) is 39.0 Å². The lowest BCUT2D eigenvalue weighted by Gasteiger charge is -2.29. The minimum atomic E-state index is -3.28. The number of benzene rings is 1. The lowest BCUT2D eigenvalue weighted by atomic mass is 10.0. The Bertz CT molecular complexity index is 458. The third kappa shape index (κ3) is 3.58. The van der Waals surface area contributed by atoms with Crippen molar-refractivity contribution in [3.8, 4) is 5.75 Å².